The zero-order chi connectivity index (χ0) is 38.6. The molecule has 8 aromatic carbocycles. The van der Waals surface area contributed by atoms with E-state index in [2.05, 4.69) is 169 Å². The lowest BCUT2D eigenvalue weighted by molar-refractivity contribution is 0.436. The highest BCUT2D eigenvalue weighted by Crippen LogP contribution is 2.62. The molecule has 270 valence electrons. The number of rotatable bonds is 5. The van der Waals surface area contributed by atoms with E-state index < -0.39 is 5.41 Å². The summed E-state index contributed by atoms with van der Waals surface area (Å²) in [7, 11) is 0. The van der Waals surface area contributed by atoms with Gasteiger partial charge in [0.15, 0.2) is 11.5 Å². The first kappa shape index (κ1) is 33.5. The molecule has 0 radical (unpaired) electrons. The first-order valence-corrected chi connectivity index (χ1v) is 19.4. The monoisotopic (exact) mass is 739 g/mol. The molecule has 4 nitrogen and oxygen atoms in total. The maximum absolute atomic E-state index is 7.32. The van der Waals surface area contributed by atoms with Gasteiger partial charge in [-0.3, -0.25) is 0 Å². The molecular weight excluding hydrogens is 707 g/mol. The molecule has 0 fully saturated rings. The van der Waals surface area contributed by atoms with Crippen molar-refractivity contribution in [3.8, 4) is 78.8 Å². The van der Waals surface area contributed by atoms with Gasteiger partial charge >= 0.3 is 0 Å². The van der Waals surface area contributed by atoms with Crippen molar-refractivity contribution in [2.24, 2.45) is 0 Å². The molecule has 11 rings (SSSR count). The average Bonchev–Trinajstić information content (AvgIpc) is 3.59. The van der Waals surface area contributed by atoms with Crippen LogP contribution in [0.25, 0.3) is 72.1 Å². The molecule has 1 unspecified atom stereocenters. The molecule has 2 heterocycles. The molecule has 9 aromatic rings. The maximum Gasteiger partial charge on any atom is 0.187 e. The third-order valence-corrected chi connectivity index (χ3v) is 11.6. The standard InChI is InChI=1S/C54H33N3O/c1-55-42-28-24-36(25-29-42)35-20-22-37(23-21-35)40-27-31-52-48(32-40)54(46-18-10-11-19-51(46)58-52)45-17-9-8-16-43(45)44-30-26-41(33-47(44)54)53-56-49(38-12-4-2-5-13-38)34-50(57-53)39-14-6-3-7-15-39/h2-34H. The van der Waals surface area contributed by atoms with Gasteiger partial charge in [-0.15, -0.1) is 0 Å². The number of para-hydroxylation sites is 1. The van der Waals surface area contributed by atoms with E-state index in [9.17, 15) is 0 Å². The molecule has 1 spiro atoms. The van der Waals surface area contributed by atoms with Crippen LogP contribution in [0.15, 0.2) is 200 Å². The van der Waals surface area contributed by atoms with Crippen LogP contribution >= 0.6 is 0 Å². The Balaban J connectivity index is 1.11. The SMILES string of the molecule is [C-]#[N+]c1ccc(-c2ccc(-c3ccc4c(c3)C3(c5ccccc5O4)c4ccccc4-c4ccc(-c5nc(-c6ccccc6)cc(-c6ccccc6)n5)cc43)cc2)cc1. The van der Waals surface area contributed by atoms with E-state index in [0.717, 1.165) is 73.0 Å². The smallest absolute Gasteiger partial charge is 0.187 e. The molecule has 0 N–H and O–H groups in total. The molecular formula is C54H33N3O. The number of hydrogen-bond donors (Lipinski definition) is 0. The predicted molar refractivity (Wildman–Crippen MR) is 233 cm³/mol. The maximum atomic E-state index is 7.32. The van der Waals surface area contributed by atoms with Crippen LogP contribution in [0.4, 0.5) is 5.69 Å². The second-order valence-corrected chi connectivity index (χ2v) is 14.8. The first-order valence-electron chi connectivity index (χ1n) is 19.4. The fourth-order valence-electron chi connectivity index (χ4n) is 8.89. The molecule has 1 aromatic heterocycles. The highest BCUT2D eigenvalue weighted by atomic mass is 16.5. The number of benzene rings is 8. The summed E-state index contributed by atoms with van der Waals surface area (Å²) in [6, 6.07) is 69.8. The van der Waals surface area contributed by atoms with E-state index in [4.69, 9.17) is 21.3 Å². The zero-order valence-corrected chi connectivity index (χ0v) is 31.3. The van der Waals surface area contributed by atoms with Crippen LogP contribution in [-0.2, 0) is 5.41 Å². The van der Waals surface area contributed by atoms with E-state index in [0.29, 0.717) is 11.5 Å². The number of aromatic nitrogens is 2. The van der Waals surface area contributed by atoms with E-state index in [1.807, 2.05) is 36.4 Å². The second kappa shape index (κ2) is 13.4. The molecule has 0 saturated heterocycles. The summed E-state index contributed by atoms with van der Waals surface area (Å²) < 4.78 is 6.78. The van der Waals surface area contributed by atoms with Gasteiger partial charge in [-0.05, 0) is 74.8 Å². The molecule has 0 bridgehead atoms. The lowest BCUT2D eigenvalue weighted by Crippen LogP contribution is -2.32. The summed E-state index contributed by atoms with van der Waals surface area (Å²) in [4.78, 5) is 14.0. The number of nitrogens with zero attached hydrogens (tertiary/aromatic N) is 3. The largest absolute Gasteiger partial charge is 0.457 e. The molecule has 0 amide bonds. The van der Waals surface area contributed by atoms with Crippen LogP contribution in [0.3, 0.4) is 0 Å². The van der Waals surface area contributed by atoms with Gasteiger partial charge in [0.2, 0.25) is 0 Å². The van der Waals surface area contributed by atoms with Crippen molar-refractivity contribution in [2.45, 2.75) is 5.41 Å². The van der Waals surface area contributed by atoms with Gasteiger partial charge in [-0.1, -0.05) is 170 Å². The minimum atomic E-state index is -0.675. The topological polar surface area (TPSA) is 39.4 Å². The van der Waals surface area contributed by atoms with Crippen molar-refractivity contribution < 1.29 is 4.74 Å². The fraction of sp³-hybridized carbons (Fsp3) is 0.0185. The summed E-state index contributed by atoms with van der Waals surface area (Å²) in [5.74, 6) is 2.35. The van der Waals surface area contributed by atoms with Crippen LogP contribution in [-0.4, -0.2) is 9.97 Å². The average molecular weight is 740 g/mol. The van der Waals surface area contributed by atoms with Crippen molar-refractivity contribution in [2.75, 3.05) is 0 Å². The Morgan fingerprint density at radius 3 is 1.55 bits per heavy atom. The van der Waals surface area contributed by atoms with Gasteiger partial charge < -0.3 is 4.74 Å². The normalized spacial score (nSPS) is 14.4. The second-order valence-electron chi connectivity index (χ2n) is 14.8. The quantitative estimate of drug-likeness (QED) is 0.165. The van der Waals surface area contributed by atoms with Crippen LogP contribution < -0.4 is 4.74 Å². The van der Waals surface area contributed by atoms with Crippen molar-refractivity contribution in [1.82, 2.24) is 9.97 Å². The Labute approximate surface area is 337 Å². The van der Waals surface area contributed by atoms with Crippen molar-refractivity contribution in [3.63, 3.8) is 0 Å². The van der Waals surface area contributed by atoms with Crippen molar-refractivity contribution in [3.05, 3.63) is 234 Å². The molecule has 4 heteroatoms. The number of hydrogen-bond acceptors (Lipinski definition) is 3. The summed E-state index contributed by atoms with van der Waals surface area (Å²) in [6.45, 7) is 7.32. The lowest BCUT2D eigenvalue weighted by Gasteiger charge is -2.39. The molecule has 1 aliphatic heterocycles. The lowest BCUT2D eigenvalue weighted by atomic mass is 9.65. The third kappa shape index (κ3) is 5.29. The highest BCUT2D eigenvalue weighted by molar-refractivity contribution is 5.91. The van der Waals surface area contributed by atoms with Crippen LogP contribution in [0, 0.1) is 6.57 Å². The van der Waals surface area contributed by atoms with E-state index >= 15 is 0 Å². The Kier molecular flexibility index (Phi) is 7.74. The van der Waals surface area contributed by atoms with Gasteiger partial charge in [-0.2, -0.15) is 0 Å². The summed E-state index contributed by atoms with van der Waals surface area (Å²) >= 11 is 0. The molecule has 2 aliphatic rings. The van der Waals surface area contributed by atoms with E-state index in [1.54, 1.807) is 0 Å². The highest BCUT2D eigenvalue weighted by Gasteiger charge is 2.51. The fourth-order valence-corrected chi connectivity index (χ4v) is 8.89. The number of fused-ring (bicyclic) bond motifs is 9. The van der Waals surface area contributed by atoms with E-state index in [1.165, 1.54) is 22.3 Å². The van der Waals surface area contributed by atoms with Crippen LogP contribution in [0.5, 0.6) is 11.5 Å². The zero-order valence-electron chi connectivity index (χ0n) is 31.3. The first-order chi connectivity index (χ1) is 28.7. The Morgan fingerprint density at radius 1 is 0.379 bits per heavy atom. The number of ether oxygens (including phenoxy) is 1. The Morgan fingerprint density at radius 2 is 0.879 bits per heavy atom. The van der Waals surface area contributed by atoms with Crippen molar-refractivity contribution in [1.29, 1.82) is 0 Å². The summed E-state index contributed by atoms with van der Waals surface area (Å²) in [5.41, 5.74) is 16.1. The predicted octanol–water partition coefficient (Wildman–Crippen LogP) is 13.8. The minimum Gasteiger partial charge on any atom is -0.457 e. The van der Waals surface area contributed by atoms with Gasteiger partial charge in [-0.25, -0.2) is 14.8 Å². The van der Waals surface area contributed by atoms with Gasteiger partial charge in [0.25, 0.3) is 0 Å². The van der Waals surface area contributed by atoms with Crippen LogP contribution in [0.2, 0.25) is 0 Å². The Bertz CT molecular complexity index is 3020. The summed E-state index contributed by atoms with van der Waals surface area (Å²) in [6.07, 6.45) is 0. The van der Waals surface area contributed by atoms with Gasteiger partial charge in [0.1, 0.15) is 11.5 Å². The van der Waals surface area contributed by atoms with Crippen molar-refractivity contribution >= 4 is 5.69 Å². The summed E-state index contributed by atoms with van der Waals surface area (Å²) in [5, 5.41) is 0. The minimum absolute atomic E-state index is 0.638. The van der Waals surface area contributed by atoms with Gasteiger partial charge in [0, 0.05) is 27.8 Å². The molecule has 1 atom stereocenters. The van der Waals surface area contributed by atoms with Crippen LogP contribution in [0.1, 0.15) is 22.3 Å². The van der Waals surface area contributed by atoms with Gasteiger partial charge in [0.05, 0.1) is 23.4 Å². The molecule has 58 heavy (non-hydrogen) atoms. The van der Waals surface area contributed by atoms with E-state index in [-0.39, 0.29) is 0 Å². The molecule has 0 saturated carbocycles. The Hall–Kier alpha value is -7.87. The third-order valence-electron chi connectivity index (χ3n) is 11.6. The molecule has 1 aliphatic carbocycles.